The first kappa shape index (κ1) is 17.6. The van der Waals surface area contributed by atoms with Crippen LogP contribution in [0.25, 0.3) is 0 Å². The van der Waals surface area contributed by atoms with Gasteiger partial charge in [0, 0.05) is 22.5 Å². The van der Waals surface area contributed by atoms with Gasteiger partial charge in [-0.1, -0.05) is 11.6 Å². The second-order valence-electron chi connectivity index (χ2n) is 4.77. The van der Waals surface area contributed by atoms with E-state index in [2.05, 4.69) is 10.6 Å². The van der Waals surface area contributed by atoms with Crippen LogP contribution in [0.5, 0.6) is 0 Å². The Bertz CT molecular complexity index is 422. The highest BCUT2D eigenvalue weighted by Gasteiger charge is 2.19. The summed E-state index contributed by atoms with van der Waals surface area (Å²) in [7, 11) is 0. The predicted octanol–water partition coefficient (Wildman–Crippen LogP) is 3.11. The largest absolute Gasteiger partial charge is 0.351 e. The van der Waals surface area contributed by atoms with Gasteiger partial charge in [0.05, 0.1) is 5.25 Å². The highest BCUT2D eigenvalue weighted by Crippen LogP contribution is 2.24. The van der Waals surface area contributed by atoms with Gasteiger partial charge in [0.25, 0.3) is 0 Å². The van der Waals surface area contributed by atoms with Crippen LogP contribution < -0.4 is 10.6 Å². The lowest BCUT2D eigenvalue weighted by Crippen LogP contribution is -2.47. The Balaban J connectivity index is 0.00000200. The van der Waals surface area contributed by atoms with Gasteiger partial charge in [-0.15, -0.1) is 24.2 Å². The maximum atomic E-state index is 12.1. The van der Waals surface area contributed by atoms with Crippen molar-refractivity contribution in [3.8, 4) is 0 Å². The van der Waals surface area contributed by atoms with Crippen molar-refractivity contribution in [2.24, 2.45) is 0 Å². The normalized spacial score (nSPS) is 19.8. The van der Waals surface area contributed by atoms with Crippen molar-refractivity contribution in [3.63, 3.8) is 0 Å². The van der Waals surface area contributed by atoms with Crippen LogP contribution in [0.3, 0.4) is 0 Å². The van der Waals surface area contributed by atoms with Gasteiger partial charge in [-0.2, -0.15) is 0 Å². The summed E-state index contributed by atoms with van der Waals surface area (Å²) >= 11 is 7.40. The fourth-order valence-corrected chi connectivity index (χ4v) is 3.07. The van der Waals surface area contributed by atoms with E-state index >= 15 is 0 Å². The Hall–Kier alpha value is -0.420. The summed E-state index contributed by atoms with van der Waals surface area (Å²) in [6, 6.07) is 7.85. The first-order valence-electron chi connectivity index (χ1n) is 6.58. The van der Waals surface area contributed by atoms with E-state index in [-0.39, 0.29) is 29.6 Å². The van der Waals surface area contributed by atoms with Crippen LogP contribution in [-0.2, 0) is 4.79 Å². The first-order valence-corrected chi connectivity index (χ1v) is 7.84. The maximum Gasteiger partial charge on any atom is 0.233 e. The van der Waals surface area contributed by atoms with Gasteiger partial charge in [-0.3, -0.25) is 4.79 Å². The molecule has 1 heterocycles. The summed E-state index contributed by atoms with van der Waals surface area (Å²) in [6.45, 7) is 3.87. The topological polar surface area (TPSA) is 41.1 Å². The van der Waals surface area contributed by atoms with E-state index in [1.54, 1.807) is 11.8 Å². The fourth-order valence-electron chi connectivity index (χ4n) is 2.06. The van der Waals surface area contributed by atoms with Crippen LogP contribution in [0.4, 0.5) is 0 Å². The molecule has 1 aliphatic rings. The lowest BCUT2D eigenvalue weighted by molar-refractivity contribution is -0.121. The van der Waals surface area contributed by atoms with Crippen molar-refractivity contribution in [3.05, 3.63) is 29.3 Å². The Morgan fingerprint density at radius 1 is 1.45 bits per heavy atom. The molecule has 0 radical (unpaired) electrons. The molecule has 1 amide bonds. The number of thioether (sulfide) groups is 1. The molecule has 20 heavy (non-hydrogen) atoms. The molecule has 1 saturated heterocycles. The lowest BCUT2D eigenvalue weighted by Gasteiger charge is -2.25. The van der Waals surface area contributed by atoms with Crippen molar-refractivity contribution in [1.82, 2.24) is 10.6 Å². The molecule has 1 aromatic rings. The highest BCUT2D eigenvalue weighted by atomic mass is 35.5. The summed E-state index contributed by atoms with van der Waals surface area (Å²) in [5, 5.41) is 7.02. The molecule has 0 spiro atoms. The third kappa shape index (κ3) is 5.52. The Labute approximate surface area is 135 Å². The van der Waals surface area contributed by atoms with E-state index in [9.17, 15) is 4.79 Å². The summed E-state index contributed by atoms with van der Waals surface area (Å²) in [6.07, 6.45) is 2.20. The summed E-state index contributed by atoms with van der Waals surface area (Å²) < 4.78 is 0. The minimum Gasteiger partial charge on any atom is -0.351 e. The molecule has 0 aliphatic carbocycles. The number of hydrogen-bond donors (Lipinski definition) is 2. The van der Waals surface area contributed by atoms with E-state index in [1.165, 1.54) is 0 Å². The lowest BCUT2D eigenvalue weighted by atomic mass is 10.1. The molecule has 0 bridgehead atoms. The minimum atomic E-state index is -0.0943. The summed E-state index contributed by atoms with van der Waals surface area (Å²) in [4.78, 5) is 13.2. The van der Waals surface area contributed by atoms with E-state index in [4.69, 9.17) is 11.6 Å². The van der Waals surface area contributed by atoms with Gasteiger partial charge >= 0.3 is 0 Å². The van der Waals surface area contributed by atoms with Gasteiger partial charge in [0.2, 0.25) is 5.91 Å². The molecule has 2 rings (SSSR count). The molecule has 1 fully saturated rings. The zero-order valence-corrected chi connectivity index (χ0v) is 13.8. The molecule has 1 aromatic carbocycles. The molecular weight excluding hydrogens is 315 g/mol. The molecular formula is C14H20Cl2N2OS. The zero-order valence-electron chi connectivity index (χ0n) is 11.4. The number of carbonyl (C=O) groups is 1. The van der Waals surface area contributed by atoms with E-state index in [0.717, 1.165) is 35.8 Å². The number of amides is 1. The Morgan fingerprint density at radius 3 is 2.75 bits per heavy atom. The number of hydrogen-bond acceptors (Lipinski definition) is 3. The molecule has 0 aromatic heterocycles. The van der Waals surface area contributed by atoms with E-state index in [0.29, 0.717) is 0 Å². The van der Waals surface area contributed by atoms with Crippen LogP contribution in [0, 0.1) is 0 Å². The third-order valence-electron chi connectivity index (χ3n) is 3.14. The van der Waals surface area contributed by atoms with Crippen molar-refractivity contribution < 1.29 is 4.79 Å². The fraction of sp³-hybridized carbons (Fsp3) is 0.500. The molecule has 3 nitrogen and oxygen atoms in total. The van der Waals surface area contributed by atoms with Gasteiger partial charge in [-0.25, -0.2) is 0 Å². The second-order valence-corrected chi connectivity index (χ2v) is 6.62. The van der Waals surface area contributed by atoms with E-state index < -0.39 is 0 Å². The van der Waals surface area contributed by atoms with Crippen molar-refractivity contribution in [2.75, 3.05) is 13.1 Å². The number of piperidine rings is 1. The molecule has 112 valence electrons. The van der Waals surface area contributed by atoms with Gasteiger partial charge in [0.1, 0.15) is 0 Å². The van der Waals surface area contributed by atoms with Gasteiger partial charge < -0.3 is 10.6 Å². The molecule has 2 N–H and O–H groups in total. The SMILES string of the molecule is CC(Sc1ccc(Cl)cc1)C(=O)N[C@H]1CCCNC1.Cl. The number of carbonyl (C=O) groups excluding carboxylic acids is 1. The molecule has 0 saturated carbocycles. The van der Waals surface area contributed by atoms with Crippen molar-refractivity contribution >= 4 is 41.7 Å². The van der Waals surface area contributed by atoms with Crippen LogP contribution in [0.1, 0.15) is 19.8 Å². The van der Waals surface area contributed by atoms with Crippen molar-refractivity contribution in [2.45, 2.75) is 36.0 Å². The number of benzene rings is 1. The third-order valence-corrected chi connectivity index (χ3v) is 4.50. The smallest absolute Gasteiger partial charge is 0.233 e. The van der Waals surface area contributed by atoms with Crippen molar-refractivity contribution in [1.29, 1.82) is 0 Å². The average Bonchev–Trinajstić information content (AvgIpc) is 2.42. The van der Waals surface area contributed by atoms with Gasteiger partial charge in [-0.05, 0) is 50.6 Å². The maximum absolute atomic E-state index is 12.1. The molecule has 1 aliphatic heterocycles. The number of nitrogens with one attached hydrogen (secondary N) is 2. The van der Waals surface area contributed by atoms with Crippen LogP contribution >= 0.6 is 35.8 Å². The standard InChI is InChI=1S/C14H19ClN2OS.ClH/c1-10(19-13-6-4-11(15)5-7-13)14(18)17-12-3-2-8-16-9-12;/h4-7,10,12,16H,2-3,8-9H2,1H3,(H,17,18);1H/t10?,12-;/m0./s1. The molecule has 6 heteroatoms. The highest BCUT2D eigenvalue weighted by molar-refractivity contribution is 8.00. The second kappa shape index (κ2) is 8.78. The van der Waals surface area contributed by atoms with Gasteiger partial charge in [0.15, 0.2) is 0 Å². The average molecular weight is 335 g/mol. The van der Waals surface area contributed by atoms with Crippen LogP contribution in [-0.4, -0.2) is 30.3 Å². The van der Waals surface area contributed by atoms with E-state index in [1.807, 2.05) is 31.2 Å². The number of rotatable bonds is 4. The monoisotopic (exact) mass is 334 g/mol. The number of halogens is 2. The quantitative estimate of drug-likeness (QED) is 0.831. The molecule has 2 atom stereocenters. The Kier molecular flexibility index (Phi) is 7.74. The van der Waals surface area contributed by atoms with Crippen LogP contribution in [0.15, 0.2) is 29.2 Å². The Morgan fingerprint density at radius 2 is 2.15 bits per heavy atom. The first-order chi connectivity index (χ1) is 9.15. The summed E-state index contributed by atoms with van der Waals surface area (Å²) in [5.41, 5.74) is 0. The predicted molar refractivity (Wildman–Crippen MR) is 88.1 cm³/mol. The zero-order chi connectivity index (χ0) is 13.7. The summed E-state index contributed by atoms with van der Waals surface area (Å²) in [5.74, 6) is 0.105. The molecule has 1 unspecified atom stereocenters. The minimum absolute atomic E-state index is 0. The van der Waals surface area contributed by atoms with Crippen LogP contribution in [0.2, 0.25) is 5.02 Å².